The third-order valence-electron chi connectivity index (χ3n) is 5.33. The number of carbonyl (C=O) groups is 2. The number of hydrogen-bond donors (Lipinski definition) is 1. The molecule has 0 saturated carbocycles. The molecule has 0 bridgehead atoms. The van der Waals surface area contributed by atoms with Crippen molar-refractivity contribution in [1.29, 1.82) is 0 Å². The summed E-state index contributed by atoms with van der Waals surface area (Å²) in [5.41, 5.74) is 1.99. The van der Waals surface area contributed by atoms with Crippen LogP contribution in [0.2, 0.25) is 10.0 Å². The van der Waals surface area contributed by atoms with Crippen LogP contribution in [0.1, 0.15) is 16.7 Å². The van der Waals surface area contributed by atoms with Crippen LogP contribution in [0.3, 0.4) is 0 Å². The minimum Gasteiger partial charge on any atom is -0.489 e. The van der Waals surface area contributed by atoms with Gasteiger partial charge in [-0.3, -0.25) is 14.9 Å². The maximum atomic E-state index is 14.4. The molecular formula is C27H19Cl2FN2O3S. The Morgan fingerprint density at radius 2 is 1.83 bits per heavy atom. The molecule has 0 atom stereocenters. The number of allylic oxidation sites excluding steroid dienone is 1. The Morgan fingerprint density at radius 1 is 1.06 bits per heavy atom. The van der Waals surface area contributed by atoms with E-state index in [1.165, 1.54) is 24.3 Å². The average Bonchev–Trinajstić information content (AvgIpc) is 2.84. The minimum absolute atomic E-state index is 0.0446. The Hall–Kier alpha value is -3.52. The molecule has 3 aromatic rings. The van der Waals surface area contributed by atoms with Crippen molar-refractivity contribution in [3.63, 3.8) is 0 Å². The summed E-state index contributed by atoms with van der Waals surface area (Å²) in [5, 5.41) is 3.16. The summed E-state index contributed by atoms with van der Waals surface area (Å²) in [5.74, 6) is -1.42. The lowest BCUT2D eigenvalue weighted by atomic mass is 10.0. The molecule has 4 rings (SSSR count). The topological polar surface area (TPSA) is 58.6 Å². The number of amides is 2. The van der Waals surface area contributed by atoms with Gasteiger partial charge in [0.1, 0.15) is 23.7 Å². The number of nitrogens with one attached hydrogen (secondary N) is 1. The molecule has 0 radical (unpaired) electrons. The molecule has 1 heterocycles. The fraction of sp³-hybridized carbons (Fsp3) is 0.0741. The second-order valence-corrected chi connectivity index (χ2v) is 9.01. The lowest BCUT2D eigenvalue weighted by Crippen LogP contribution is -2.54. The highest BCUT2D eigenvalue weighted by atomic mass is 35.5. The van der Waals surface area contributed by atoms with Gasteiger partial charge in [-0.1, -0.05) is 53.5 Å². The summed E-state index contributed by atoms with van der Waals surface area (Å²) < 4.78 is 20.3. The van der Waals surface area contributed by atoms with E-state index in [0.717, 1.165) is 16.0 Å². The van der Waals surface area contributed by atoms with Crippen molar-refractivity contribution in [2.45, 2.75) is 13.0 Å². The monoisotopic (exact) mass is 540 g/mol. The Kier molecular flexibility index (Phi) is 7.84. The highest BCUT2D eigenvalue weighted by Gasteiger charge is 2.35. The van der Waals surface area contributed by atoms with Gasteiger partial charge < -0.3 is 4.74 Å². The quantitative estimate of drug-likeness (QED) is 0.166. The number of carbonyl (C=O) groups excluding carboxylic acids is 2. The predicted molar refractivity (Wildman–Crippen MR) is 144 cm³/mol. The number of hydrogen-bond acceptors (Lipinski definition) is 4. The zero-order valence-corrected chi connectivity index (χ0v) is 21.1. The van der Waals surface area contributed by atoms with E-state index in [-0.39, 0.29) is 23.0 Å². The van der Waals surface area contributed by atoms with E-state index in [4.69, 9.17) is 40.2 Å². The molecule has 1 N–H and O–H groups in total. The average molecular weight is 541 g/mol. The lowest BCUT2D eigenvalue weighted by molar-refractivity contribution is -0.122. The summed E-state index contributed by atoms with van der Waals surface area (Å²) in [7, 11) is 0. The lowest BCUT2D eigenvalue weighted by Gasteiger charge is -2.29. The van der Waals surface area contributed by atoms with Crippen LogP contribution in [0.5, 0.6) is 5.75 Å². The minimum atomic E-state index is -0.723. The fourth-order valence-electron chi connectivity index (χ4n) is 3.61. The Labute approximate surface area is 222 Å². The SMILES string of the molecule is C=CCc1cc(/C=C2\C(=O)NC(=S)N(c3ccccc3F)C2=O)ccc1OCc1ccc(Cl)c(Cl)c1. The summed E-state index contributed by atoms with van der Waals surface area (Å²) >= 11 is 17.2. The second kappa shape index (κ2) is 11.0. The highest BCUT2D eigenvalue weighted by molar-refractivity contribution is 7.80. The molecule has 36 heavy (non-hydrogen) atoms. The van der Waals surface area contributed by atoms with E-state index >= 15 is 0 Å². The summed E-state index contributed by atoms with van der Waals surface area (Å²) in [6, 6.07) is 16.2. The smallest absolute Gasteiger partial charge is 0.270 e. The van der Waals surface area contributed by atoms with Crippen LogP contribution in [0.4, 0.5) is 10.1 Å². The molecule has 182 valence electrons. The number of nitrogens with zero attached hydrogens (tertiary/aromatic N) is 1. The van der Waals surface area contributed by atoms with Gasteiger partial charge in [0.15, 0.2) is 5.11 Å². The van der Waals surface area contributed by atoms with Crippen molar-refractivity contribution in [1.82, 2.24) is 5.32 Å². The number of ether oxygens (including phenoxy) is 1. The Balaban J connectivity index is 1.62. The van der Waals surface area contributed by atoms with Gasteiger partial charge in [-0.25, -0.2) is 9.29 Å². The molecule has 9 heteroatoms. The largest absolute Gasteiger partial charge is 0.489 e. The van der Waals surface area contributed by atoms with Gasteiger partial charge in [-0.15, -0.1) is 6.58 Å². The molecule has 0 aromatic heterocycles. The molecule has 1 saturated heterocycles. The van der Waals surface area contributed by atoms with Gasteiger partial charge in [-0.05, 0) is 77.8 Å². The zero-order chi connectivity index (χ0) is 25.8. The molecule has 0 spiro atoms. The summed E-state index contributed by atoms with van der Waals surface area (Å²) in [4.78, 5) is 26.7. The van der Waals surface area contributed by atoms with Crippen LogP contribution in [0, 0.1) is 5.82 Å². The van der Waals surface area contributed by atoms with E-state index in [0.29, 0.717) is 27.8 Å². The van der Waals surface area contributed by atoms with Gasteiger partial charge >= 0.3 is 0 Å². The zero-order valence-electron chi connectivity index (χ0n) is 18.8. The first kappa shape index (κ1) is 25.6. The van der Waals surface area contributed by atoms with Crippen LogP contribution in [-0.2, 0) is 22.6 Å². The van der Waals surface area contributed by atoms with E-state index in [1.54, 1.807) is 42.5 Å². The molecule has 3 aromatic carbocycles. The number of rotatable bonds is 7. The van der Waals surface area contributed by atoms with Crippen molar-refractivity contribution < 1.29 is 18.7 Å². The number of para-hydroxylation sites is 1. The highest BCUT2D eigenvalue weighted by Crippen LogP contribution is 2.28. The Morgan fingerprint density at radius 3 is 2.56 bits per heavy atom. The van der Waals surface area contributed by atoms with Crippen molar-refractivity contribution in [3.8, 4) is 5.75 Å². The number of halogens is 3. The van der Waals surface area contributed by atoms with Gasteiger partial charge in [0.05, 0.1) is 15.7 Å². The fourth-order valence-corrected chi connectivity index (χ4v) is 4.21. The van der Waals surface area contributed by atoms with Crippen LogP contribution in [0.15, 0.2) is 78.9 Å². The van der Waals surface area contributed by atoms with E-state index in [2.05, 4.69) is 11.9 Å². The number of thiocarbonyl (C=S) groups is 1. The molecule has 2 amide bonds. The third kappa shape index (κ3) is 5.49. The number of anilines is 1. The van der Waals surface area contributed by atoms with Crippen LogP contribution >= 0.6 is 35.4 Å². The molecule has 1 aliphatic heterocycles. The first-order valence-corrected chi connectivity index (χ1v) is 11.9. The van der Waals surface area contributed by atoms with Crippen LogP contribution in [-0.4, -0.2) is 16.9 Å². The normalized spacial score (nSPS) is 14.7. The maximum Gasteiger partial charge on any atom is 0.270 e. The van der Waals surface area contributed by atoms with Crippen molar-refractivity contribution >= 4 is 64.1 Å². The van der Waals surface area contributed by atoms with Crippen LogP contribution < -0.4 is 15.0 Å². The molecular weight excluding hydrogens is 522 g/mol. The van der Waals surface area contributed by atoms with Crippen LogP contribution in [0.25, 0.3) is 6.08 Å². The van der Waals surface area contributed by atoms with E-state index < -0.39 is 17.6 Å². The maximum absolute atomic E-state index is 14.4. The standard InChI is InChI=1S/C27H19Cl2FN2O3S/c1-2-5-18-12-16(9-11-24(18)35-15-17-8-10-20(28)21(29)14-17)13-19-25(33)31-27(36)32(26(19)34)23-7-4-3-6-22(23)30/h2-4,6-14H,1,5,15H2,(H,31,33,36)/b19-13+. The predicted octanol–water partition coefficient (Wildman–Crippen LogP) is 6.27. The first-order chi connectivity index (χ1) is 17.3. The van der Waals surface area contributed by atoms with Crippen molar-refractivity contribution in [2.24, 2.45) is 0 Å². The molecule has 0 aliphatic carbocycles. The van der Waals surface area contributed by atoms with Gasteiger partial charge in [-0.2, -0.15) is 0 Å². The molecule has 1 aliphatic rings. The summed E-state index contributed by atoms with van der Waals surface area (Å²) in [6.07, 6.45) is 3.64. The van der Waals surface area contributed by atoms with Crippen molar-refractivity contribution in [3.05, 3.63) is 111 Å². The first-order valence-electron chi connectivity index (χ1n) is 10.7. The third-order valence-corrected chi connectivity index (χ3v) is 6.36. The van der Waals surface area contributed by atoms with E-state index in [1.807, 2.05) is 6.07 Å². The van der Waals surface area contributed by atoms with Crippen molar-refractivity contribution in [2.75, 3.05) is 4.90 Å². The van der Waals surface area contributed by atoms with Gasteiger partial charge in [0, 0.05) is 0 Å². The number of benzene rings is 3. The second-order valence-electron chi connectivity index (χ2n) is 7.81. The van der Waals surface area contributed by atoms with Gasteiger partial charge in [0.25, 0.3) is 11.8 Å². The Bertz CT molecular complexity index is 1420. The molecule has 5 nitrogen and oxygen atoms in total. The van der Waals surface area contributed by atoms with Gasteiger partial charge in [0.2, 0.25) is 0 Å². The molecule has 0 unspecified atom stereocenters. The molecule has 1 fully saturated rings. The van der Waals surface area contributed by atoms with E-state index in [9.17, 15) is 14.0 Å². The summed E-state index contributed by atoms with van der Waals surface area (Å²) in [6.45, 7) is 4.05.